The van der Waals surface area contributed by atoms with Crippen LogP contribution in [0.3, 0.4) is 0 Å². The zero-order chi connectivity index (χ0) is 14.7. The van der Waals surface area contributed by atoms with Gasteiger partial charge in [0.05, 0.1) is 0 Å². The second-order valence-electron chi connectivity index (χ2n) is 7.02. The minimum absolute atomic E-state index is 0.0525. The van der Waals surface area contributed by atoms with Crippen molar-refractivity contribution < 1.29 is 4.79 Å². The molecule has 0 saturated carbocycles. The quantitative estimate of drug-likeness (QED) is 0.405. The van der Waals surface area contributed by atoms with Gasteiger partial charge in [0.2, 0.25) is 0 Å². The van der Waals surface area contributed by atoms with Crippen molar-refractivity contribution in [3.05, 3.63) is 0 Å². The molecule has 1 saturated heterocycles. The molecule has 1 atom stereocenters. The molecule has 0 aromatic rings. The second-order valence-corrected chi connectivity index (χ2v) is 9.94. The van der Waals surface area contributed by atoms with Gasteiger partial charge < -0.3 is 15.5 Å². The zero-order valence-corrected chi connectivity index (χ0v) is 15.0. The molecule has 112 valence electrons. The average Bonchev–Trinajstić information content (AvgIpc) is 2.93. The number of hydrogen-bond donors (Lipinski definition) is 2. The van der Waals surface area contributed by atoms with Gasteiger partial charge in [-0.3, -0.25) is 0 Å². The minimum atomic E-state index is -0.183. The van der Waals surface area contributed by atoms with Crippen molar-refractivity contribution in [2.24, 2.45) is 5.92 Å². The molecule has 1 unspecified atom stereocenters. The summed E-state index contributed by atoms with van der Waals surface area (Å²) < 4.78 is 0.182. The number of nitrogens with zero attached hydrogens (tertiary/aromatic N) is 1. The van der Waals surface area contributed by atoms with Gasteiger partial charge in [-0.2, -0.15) is 0 Å². The summed E-state index contributed by atoms with van der Waals surface area (Å²) in [4.78, 5) is 14.3. The lowest BCUT2D eigenvalue weighted by Crippen LogP contribution is -2.51. The van der Waals surface area contributed by atoms with Gasteiger partial charge in [-0.1, -0.05) is 43.4 Å². The molecule has 1 fully saturated rings. The largest absolute Gasteiger partial charge is 0.338 e. The van der Waals surface area contributed by atoms with E-state index >= 15 is 0 Å². The molecule has 0 aromatic heterocycles. The molecular weight excluding hydrogens is 353 g/mol. The molecule has 0 radical (unpaired) electrons. The van der Waals surface area contributed by atoms with Gasteiger partial charge >= 0.3 is 6.03 Å². The third kappa shape index (κ3) is 8.68. The van der Waals surface area contributed by atoms with E-state index in [-0.39, 0.29) is 15.0 Å². The summed E-state index contributed by atoms with van der Waals surface area (Å²) in [6, 6.07) is -0.0525. The molecule has 0 aliphatic carbocycles. The van der Waals surface area contributed by atoms with Crippen LogP contribution < -0.4 is 10.6 Å². The van der Waals surface area contributed by atoms with Crippen molar-refractivity contribution in [1.82, 2.24) is 15.5 Å². The van der Waals surface area contributed by atoms with E-state index in [2.05, 4.69) is 72.7 Å². The maximum atomic E-state index is 11.9. The van der Waals surface area contributed by atoms with Gasteiger partial charge in [-0.05, 0) is 26.2 Å². The van der Waals surface area contributed by atoms with Gasteiger partial charge in [-0.15, -0.1) is 0 Å². The Morgan fingerprint density at radius 1 is 1.32 bits per heavy atom. The summed E-state index contributed by atoms with van der Waals surface area (Å²) in [6.07, 6.45) is 0.942. The second kappa shape index (κ2) is 6.61. The van der Waals surface area contributed by atoms with Crippen LogP contribution in [0.2, 0.25) is 0 Å². The zero-order valence-electron chi connectivity index (χ0n) is 12.8. The fourth-order valence-electron chi connectivity index (χ4n) is 2.47. The van der Waals surface area contributed by atoms with E-state index < -0.39 is 0 Å². The Labute approximate surface area is 131 Å². The van der Waals surface area contributed by atoms with Crippen molar-refractivity contribution in [1.29, 1.82) is 0 Å². The number of hydrogen-bond acceptors (Lipinski definition) is 2. The van der Waals surface area contributed by atoms with Crippen LogP contribution in [0.5, 0.6) is 0 Å². The molecule has 1 rings (SSSR count). The Morgan fingerprint density at radius 2 is 1.89 bits per heavy atom. The minimum Gasteiger partial charge on any atom is -0.338 e. The van der Waals surface area contributed by atoms with Gasteiger partial charge in [-0.25, -0.2) is 4.79 Å². The van der Waals surface area contributed by atoms with Crippen LogP contribution in [0, 0.1) is 5.92 Å². The number of rotatable bonds is 7. The molecule has 1 heterocycles. The Morgan fingerprint density at radius 3 is 2.37 bits per heavy atom. The lowest BCUT2D eigenvalue weighted by molar-refractivity contribution is 0.224. The molecule has 0 spiro atoms. The van der Waals surface area contributed by atoms with Gasteiger partial charge in [0, 0.05) is 35.1 Å². The lowest BCUT2D eigenvalue weighted by Gasteiger charge is -2.32. The third-order valence-electron chi connectivity index (χ3n) is 3.04. The van der Waals surface area contributed by atoms with Crippen LogP contribution in [0.25, 0.3) is 0 Å². The van der Waals surface area contributed by atoms with E-state index in [4.69, 9.17) is 0 Å². The summed E-state index contributed by atoms with van der Waals surface area (Å²) >= 11 is 2.42. The predicted molar refractivity (Wildman–Crippen MR) is 88.9 cm³/mol. The van der Waals surface area contributed by atoms with E-state index in [0.717, 1.165) is 19.5 Å². The molecule has 1 aliphatic heterocycles. The highest BCUT2D eigenvalue weighted by molar-refractivity contribution is 14.1. The van der Waals surface area contributed by atoms with E-state index in [1.54, 1.807) is 0 Å². The van der Waals surface area contributed by atoms with E-state index in [9.17, 15) is 4.79 Å². The Hall–Kier alpha value is -0.0400. The molecule has 2 N–H and O–H groups in total. The number of nitrogens with one attached hydrogen (secondary N) is 2. The highest BCUT2D eigenvalue weighted by atomic mass is 127. The number of halogens is 1. The average molecular weight is 381 g/mol. The van der Waals surface area contributed by atoms with Gasteiger partial charge in [0.25, 0.3) is 0 Å². The van der Waals surface area contributed by atoms with Crippen LogP contribution in [-0.4, -0.2) is 46.1 Å². The smallest absolute Gasteiger partial charge is 0.315 e. The maximum absolute atomic E-state index is 11.9. The lowest BCUT2D eigenvalue weighted by atomic mass is 9.93. The van der Waals surface area contributed by atoms with Crippen LogP contribution in [0.1, 0.15) is 41.0 Å². The maximum Gasteiger partial charge on any atom is 0.315 e. The van der Waals surface area contributed by atoms with E-state index in [1.807, 2.05) is 0 Å². The topological polar surface area (TPSA) is 44.1 Å². The standard InChI is InChI=1S/C14H28IN3O/c1-11(9-18-6-7-18)8-16-12(19)17-14(4,5)10-13(2,3)15/h11H,6-10H2,1-5H3,(H2,16,17,19). The first-order valence-electron chi connectivity index (χ1n) is 7.05. The number of alkyl halides is 1. The summed E-state index contributed by atoms with van der Waals surface area (Å²) in [5, 5.41) is 6.05. The molecule has 0 aromatic carbocycles. The number of urea groups is 1. The molecule has 1 aliphatic rings. The van der Waals surface area contributed by atoms with Crippen LogP contribution in [0.4, 0.5) is 4.79 Å². The van der Waals surface area contributed by atoms with Crippen molar-refractivity contribution in [2.45, 2.75) is 50.0 Å². The van der Waals surface area contributed by atoms with E-state index in [0.29, 0.717) is 5.92 Å². The first-order chi connectivity index (χ1) is 8.57. The predicted octanol–water partition coefficient (Wildman–Crippen LogP) is 2.62. The Balaban J connectivity index is 2.25. The molecular formula is C14H28IN3O. The molecule has 4 nitrogen and oxygen atoms in total. The van der Waals surface area contributed by atoms with Crippen LogP contribution in [-0.2, 0) is 0 Å². The Kier molecular flexibility index (Phi) is 5.92. The monoisotopic (exact) mass is 381 g/mol. The fraction of sp³-hybridized carbons (Fsp3) is 0.929. The number of carbonyl (C=O) groups excluding carboxylic acids is 1. The fourth-order valence-corrected chi connectivity index (χ4v) is 3.43. The molecule has 2 amide bonds. The molecule has 5 heteroatoms. The van der Waals surface area contributed by atoms with Crippen molar-refractivity contribution in [3.8, 4) is 0 Å². The normalized spacial score (nSPS) is 18.0. The van der Waals surface area contributed by atoms with E-state index in [1.165, 1.54) is 13.1 Å². The molecule has 19 heavy (non-hydrogen) atoms. The van der Waals surface area contributed by atoms with Crippen molar-refractivity contribution in [3.63, 3.8) is 0 Å². The number of amides is 2. The Bertz CT molecular complexity index is 308. The van der Waals surface area contributed by atoms with Gasteiger partial charge in [0.1, 0.15) is 0 Å². The van der Waals surface area contributed by atoms with Crippen LogP contribution in [0.15, 0.2) is 0 Å². The van der Waals surface area contributed by atoms with Crippen molar-refractivity contribution >= 4 is 28.6 Å². The highest BCUT2D eigenvalue weighted by Gasteiger charge is 2.28. The summed E-state index contributed by atoms with van der Waals surface area (Å²) in [6.45, 7) is 15.0. The summed E-state index contributed by atoms with van der Waals surface area (Å²) in [7, 11) is 0. The molecule has 0 bridgehead atoms. The first-order valence-corrected chi connectivity index (χ1v) is 8.13. The SMILES string of the molecule is CC(CNC(=O)NC(C)(C)CC(C)(C)I)CN1CC1. The van der Waals surface area contributed by atoms with Crippen LogP contribution >= 0.6 is 22.6 Å². The summed E-state index contributed by atoms with van der Waals surface area (Å²) in [5.41, 5.74) is -0.183. The highest BCUT2D eigenvalue weighted by Crippen LogP contribution is 2.28. The summed E-state index contributed by atoms with van der Waals surface area (Å²) in [5.74, 6) is 0.511. The third-order valence-corrected chi connectivity index (χ3v) is 3.42. The number of carbonyl (C=O) groups is 1. The van der Waals surface area contributed by atoms with Gasteiger partial charge in [0.15, 0.2) is 0 Å². The van der Waals surface area contributed by atoms with Crippen molar-refractivity contribution in [2.75, 3.05) is 26.2 Å². The first kappa shape index (κ1) is 17.0.